The first-order valence-corrected chi connectivity index (χ1v) is 7.83. The van der Waals surface area contributed by atoms with Gasteiger partial charge in [0.1, 0.15) is 5.75 Å². The fourth-order valence-electron chi connectivity index (χ4n) is 3.00. The van der Waals surface area contributed by atoms with Crippen molar-refractivity contribution >= 4 is 5.91 Å². The third kappa shape index (κ3) is 3.02. The zero-order valence-corrected chi connectivity index (χ0v) is 14.2. The molecule has 0 saturated heterocycles. The van der Waals surface area contributed by atoms with Crippen LogP contribution in [0.4, 0.5) is 0 Å². The number of nitrogens with zero attached hydrogens (tertiary/aromatic N) is 1. The molecular formula is C19H21NO4. The van der Waals surface area contributed by atoms with Crippen LogP contribution in [0.25, 0.3) is 0 Å². The number of amides is 1. The molecule has 126 valence electrons. The van der Waals surface area contributed by atoms with Crippen LogP contribution >= 0.6 is 0 Å². The molecule has 1 amide bonds. The normalized spacial score (nSPS) is 13.2. The molecule has 2 aromatic carbocycles. The van der Waals surface area contributed by atoms with Crippen molar-refractivity contribution in [1.82, 2.24) is 4.90 Å². The van der Waals surface area contributed by atoms with Gasteiger partial charge < -0.3 is 19.1 Å². The lowest BCUT2D eigenvalue weighted by Crippen LogP contribution is -2.36. The van der Waals surface area contributed by atoms with E-state index in [0.717, 1.165) is 17.7 Å². The molecule has 0 radical (unpaired) electrons. The van der Waals surface area contributed by atoms with Gasteiger partial charge in [-0.3, -0.25) is 4.79 Å². The molecule has 0 aliphatic carbocycles. The third-order valence-electron chi connectivity index (χ3n) is 4.32. The molecule has 0 spiro atoms. The molecule has 3 rings (SSSR count). The summed E-state index contributed by atoms with van der Waals surface area (Å²) >= 11 is 0. The Bertz CT molecular complexity index is 757. The summed E-state index contributed by atoms with van der Waals surface area (Å²) in [6, 6.07) is 11.2. The van der Waals surface area contributed by atoms with Gasteiger partial charge in [-0.05, 0) is 47.9 Å². The number of fused-ring (bicyclic) bond motifs is 1. The number of rotatable bonds is 4. The van der Waals surface area contributed by atoms with Crippen LogP contribution in [-0.2, 0) is 13.0 Å². The van der Waals surface area contributed by atoms with E-state index in [1.807, 2.05) is 35.2 Å². The Labute approximate surface area is 141 Å². The first-order valence-electron chi connectivity index (χ1n) is 7.83. The zero-order chi connectivity index (χ0) is 17.1. The van der Waals surface area contributed by atoms with Crippen molar-refractivity contribution in [1.29, 1.82) is 0 Å². The predicted octanol–water partition coefficient (Wildman–Crippen LogP) is 2.91. The molecule has 1 heterocycles. The second-order valence-electron chi connectivity index (χ2n) is 5.68. The highest BCUT2D eigenvalue weighted by Gasteiger charge is 2.23. The van der Waals surface area contributed by atoms with Gasteiger partial charge >= 0.3 is 0 Å². The summed E-state index contributed by atoms with van der Waals surface area (Å²) < 4.78 is 15.9. The Balaban J connectivity index is 1.85. The Morgan fingerprint density at radius 1 is 0.958 bits per heavy atom. The van der Waals surface area contributed by atoms with Crippen LogP contribution in [0, 0.1) is 0 Å². The Morgan fingerprint density at radius 2 is 1.67 bits per heavy atom. The third-order valence-corrected chi connectivity index (χ3v) is 4.32. The molecule has 0 N–H and O–H groups in total. The number of carbonyl (C=O) groups is 1. The molecule has 0 atom stereocenters. The summed E-state index contributed by atoms with van der Waals surface area (Å²) in [4.78, 5) is 14.6. The Hall–Kier alpha value is -2.69. The van der Waals surface area contributed by atoms with Crippen molar-refractivity contribution in [3.63, 3.8) is 0 Å². The van der Waals surface area contributed by atoms with E-state index in [1.54, 1.807) is 27.4 Å². The van der Waals surface area contributed by atoms with Crippen LogP contribution in [0.3, 0.4) is 0 Å². The number of carbonyl (C=O) groups excluding carboxylic acids is 1. The SMILES string of the molecule is COc1cccc(C(=O)N2CCc3cc(OC)c(OC)cc3C2)c1. The number of methoxy groups -OCH3 is 3. The van der Waals surface area contributed by atoms with Gasteiger partial charge in [0.05, 0.1) is 21.3 Å². The van der Waals surface area contributed by atoms with Crippen molar-refractivity contribution in [3.8, 4) is 17.2 Å². The van der Waals surface area contributed by atoms with Crippen molar-refractivity contribution in [2.24, 2.45) is 0 Å². The monoisotopic (exact) mass is 327 g/mol. The molecule has 0 saturated carbocycles. The van der Waals surface area contributed by atoms with Gasteiger partial charge in [-0.25, -0.2) is 0 Å². The molecule has 5 heteroatoms. The van der Waals surface area contributed by atoms with E-state index in [-0.39, 0.29) is 5.91 Å². The minimum Gasteiger partial charge on any atom is -0.497 e. The summed E-state index contributed by atoms with van der Waals surface area (Å²) in [5.74, 6) is 2.11. The molecule has 0 bridgehead atoms. The lowest BCUT2D eigenvalue weighted by atomic mass is 9.98. The molecule has 0 unspecified atom stereocenters. The zero-order valence-electron chi connectivity index (χ0n) is 14.2. The molecule has 5 nitrogen and oxygen atoms in total. The molecule has 1 aliphatic rings. The topological polar surface area (TPSA) is 48.0 Å². The highest BCUT2D eigenvalue weighted by Crippen LogP contribution is 2.33. The molecule has 1 aliphatic heterocycles. The van der Waals surface area contributed by atoms with E-state index >= 15 is 0 Å². The lowest BCUT2D eigenvalue weighted by molar-refractivity contribution is 0.0734. The van der Waals surface area contributed by atoms with E-state index in [2.05, 4.69) is 0 Å². The minimum atomic E-state index is 0.00864. The Morgan fingerprint density at radius 3 is 2.33 bits per heavy atom. The van der Waals surface area contributed by atoms with Crippen LogP contribution in [0.1, 0.15) is 21.5 Å². The fraction of sp³-hybridized carbons (Fsp3) is 0.316. The smallest absolute Gasteiger partial charge is 0.254 e. The number of hydrogen-bond donors (Lipinski definition) is 0. The van der Waals surface area contributed by atoms with E-state index < -0.39 is 0 Å². The molecule has 2 aromatic rings. The van der Waals surface area contributed by atoms with Gasteiger partial charge in [-0.2, -0.15) is 0 Å². The predicted molar refractivity (Wildman–Crippen MR) is 91.0 cm³/mol. The Kier molecular flexibility index (Phi) is 4.60. The van der Waals surface area contributed by atoms with Gasteiger partial charge in [-0.1, -0.05) is 6.07 Å². The van der Waals surface area contributed by atoms with Gasteiger partial charge in [0.2, 0.25) is 0 Å². The van der Waals surface area contributed by atoms with E-state index in [0.29, 0.717) is 30.2 Å². The second-order valence-corrected chi connectivity index (χ2v) is 5.68. The van der Waals surface area contributed by atoms with Gasteiger partial charge in [0.25, 0.3) is 5.91 Å². The molecular weight excluding hydrogens is 306 g/mol. The maximum absolute atomic E-state index is 12.8. The molecule has 0 fully saturated rings. The quantitative estimate of drug-likeness (QED) is 0.866. The van der Waals surface area contributed by atoms with Crippen molar-refractivity contribution in [3.05, 3.63) is 53.1 Å². The first-order chi connectivity index (χ1) is 11.7. The van der Waals surface area contributed by atoms with Crippen LogP contribution in [0.15, 0.2) is 36.4 Å². The molecule has 24 heavy (non-hydrogen) atoms. The van der Waals surface area contributed by atoms with Crippen LogP contribution in [-0.4, -0.2) is 38.7 Å². The van der Waals surface area contributed by atoms with Crippen molar-refractivity contribution < 1.29 is 19.0 Å². The summed E-state index contributed by atoms with van der Waals surface area (Å²) in [7, 11) is 4.85. The van der Waals surface area contributed by atoms with E-state index in [1.165, 1.54) is 5.56 Å². The summed E-state index contributed by atoms with van der Waals surface area (Å²) in [6.07, 6.45) is 0.797. The van der Waals surface area contributed by atoms with Crippen molar-refractivity contribution in [2.45, 2.75) is 13.0 Å². The largest absolute Gasteiger partial charge is 0.497 e. The highest BCUT2D eigenvalue weighted by atomic mass is 16.5. The second kappa shape index (κ2) is 6.83. The highest BCUT2D eigenvalue weighted by molar-refractivity contribution is 5.94. The number of hydrogen-bond acceptors (Lipinski definition) is 4. The lowest BCUT2D eigenvalue weighted by Gasteiger charge is -2.29. The van der Waals surface area contributed by atoms with Crippen LogP contribution in [0.5, 0.6) is 17.2 Å². The average Bonchev–Trinajstić information content (AvgIpc) is 2.65. The number of ether oxygens (including phenoxy) is 3. The summed E-state index contributed by atoms with van der Waals surface area (Å²) in [5.41, 5.74) is 2.93. The summed E-state index contributed by atoms with van der Waals surface area (Å²) in [6.45, 7) is 1.24. The van der Waals surface area contributed by atoms with Gasteiger partial charge in [-0.15, -0.1) is 0 Å². The minimum absolute atomic E-state index is 0.00864. The van der Waals surface area contributed by atoms with Crippen LogP contribution in [0.2, 0.25) is 0 Å². The fourth-order valence-corrected chi connectivity index (χ4v) is 3.00. The van der Waals surface area contributed by atoms with E-state index in [4.69, 9.17) is 14.2 Å². The number of benzene rings is 2. The van der Waals surface area contributed by atoms with Gasteiger partial charge in [0, 0.05) is 18.7 Å². The average molecular weight is 327 g/mol. The van der Waals surface area contributed by atoms with E-state index in [9.17, 15) is 4.79 Å². The maximum atomic E-state index is 12.8. The maximum Gasteiger partial charge on any atom is 0.254 e. The first kappa shape index (κ1) is 16.2. The standard InChI is InChI=1S/C19H21NO4/c1-22-16-6-4-5-14(9-16)19(21)20-8-7-13-10-17(23-2)18(24-3)11-15(13)12-20/h4-6,9-11H,7-8,12H2,1-3H3. The van der Waals surface area contributed by atoms with Gasteiger partial charge in [0.15, 0.2) is 11.5 Å². The van der Waals surface area contributed by atoms with Crippen molar-refractivity contribution in [2.75, 3.05) is 27.9 Å². The summed E-state index contributed by atoms with van der Waals surface area (Å²) in [5, 5.41) is 0. The van der Waals surface area contributed by atoms with Crippen LogP contribution < -0.4 is 14.2 Å². The molecule has 0 aromatic heterocycles.